The molecule has 0 bridgehead atoms. The average molecular weight is 282 g/mol. The van der Waals surface area contributed by atoms with E-state index in [9.17, 15) is 4.57 Å². The summed E-state index contributed by atoms with van der Waals surface area (Å²) in [5.74, 6) is 0. The minimum absolute atomic E-state index is 0.0613. The molecule has 0 aliphatic heterocycles. The van der Waals surface area contributed by atoms with Crippen molar-refractivity contribution in [3.63, 3.8) is 0 Å². The van der Waals surface area contributed by atoms with Gasteiger partial charge in [0.15, 0.2) is 0 Å². The Balaban J connectivity index is 2.49. The zero-order chi connectivity index (χ0) is 14.1. The van der Waals surface area contributed by atoms with E-state index in [1.54, 1.807) is 0 Å². The van der Waals surface area contributed by atoms with Crippen LogP contribution >= 0.6 is 7.60 Å². The van der Waals surface area contributed by atoms with E-state index in [2.05, 4.69) is 13.8 Å². The predicted molar refractivity (Wildman–Crippen MR) is 77.4 cm³/mol. The van der Waals surface area contributed by atoms with Crippen molar-refractivity contribution in [3.05, 3.63) is 35.9 Å². The van der Waals surface area contributed by atoms with Gasteiger partial charge >= 0.3 is 7.60 Å². The van der Waals surface area contributed by atoms with Gasteiger partial charge < -0.3 is 9.05 Å². The molecular weight excluding hydrogens is 259 g/mol. The molecule has 1 unspecified atom stereocenters. The van der Waals surface area contributed by atoms with E-state index in [4.69, 9.17) is 9.05 Å². The zero-order valence-corrected chi connectivity index (χ0v) is 13.1. The van der Waals surface area contributed by atoms with Gasteiger partial charge in [-0.15, -0.1) is 0 Å². The van der Waals surface area contributed by atoms with Crippen LogP contribution in [0.5, 0.6) is 0 Å². The molecule has 0 spiro atoms. The van der Waals surface area contributed by atoms with Crippen molar-refractivity contribution in [2.75, 3.05) is 13.2 Å². The summed E-state index contributed by atoms with van der Waals surface area (Å²) in [5.41, 5.74) is 0.999. The number of benzene rings is 1. The Labute approximate surface area is 115 Å². The highest BCUT2D eigenvalue weighted by Gasteiger charge is 2.73. The molecule has 1 saturated carbocycles. The van der Waals surface area contributed by atoms with Crippen LogP contribution in [0.15, 0.2) is 30.3 Å². The molecule has 106 valence electrons. The van der Waals surface area contributed by atoms with E-state index < -0.39 is 12.8 Å². The molecular formula is C15H23O3P. The van der Waals surface area contributed by atoms with Gasteiger partial charge in [0.25, 0.3) is 0 Å². The van der Waals surface area contributed by atoms with Crippen LogP contribution in [0.2, 0.25) is 0 Å². The summed E-state index contributed by atoms with van der Waals surface area (Å²) in [6.45, 7) is 8.79. The molecule has 0 saturated heterocycles. The van der Waals surface area contributed by atoms with Crippen molar-refractivity contribution in [1.29, 1.82) is 0 Å². The van der Waals surface area contributed by atoms with E-state index in [0.717, 1.165) is 12.0 Å². The monoisotopic (exact) mass is 282 g/mol. The molecule has 1 aromatic rings. The summed E-state index contributed by atoms with van der Waals surface area (Å²) < 4.78 is 24.5. The fraction of sp³-hybridized carbons (Fsp3) is 0.600. The fourth-order valence-corrected chi connectivity index (χ4v) is 6.02. The first-order chi connectivity index (χ1) is 8.93. The SMILES string of the molecule is CCOP(=O)(OCC)C1(c2ccccc2)CC1(C)C. The van der Waals surface area contributed by atoms with Gasteiger partial charge in [-0.25, -0.2) is 0 Å². The van der Waals surface area contributed by atoms with Crippen LogP contribution in [-0.2, 0) is 18.8 Å². The molecule has 0 heterocycles. The third-order valence-corrected chi connectivity index (χ3v) is 7.16. The van der Waals surface area contributed by atoms with Crippen LogP contribution in [0.1, 0.15) is 39.7 Å². The smallest absolute Gasteiger partial charge is 0.308 e. The van der Waals surface area contributed by atoms with Gasteiger partial charge in [-0.2, -0.15) is 0 Å². The van der Waals surface area contributed by atoms with Crippen LogP contribution in [0.3, 0.4) is 0 Å². The Kier molecular flexibility index (Phi) is 3.92. The van der Waals surface area contributed by atoms with Gasteiger partial charge in [0.05, 0.1) is 13.2 Å². The van der Waals surface area contributed by atoms with Crippen LogP contribution in [0.25, 0.3) is 0 Å². The summed E-state index contributed by atoms with van der Waals surface area (Å²) in [6.07, 6.45) is 0.835. The maximum Gasteiger partial charge on any atom is 0.341 e. The maximum atomic E-state index is 13.3. The number of rotatable bonds is 6. The molecule has 3 nitrogen and oxygen atoms in total. The molecule has 0 N–H and O–H groups in total. The van der Waals surface area contributed by atoms with Gasteiger partial charge in [0.2, 0.25) is 0 Å². The summed E-state index contributed by atoms with van der Waals surface area (Å²) >= 11 is 0. The van der Waals surface area contributed by atoms with Gasteiger partial charge in [-0.05, 0) is 31.2 Å². The van der Waals surface area contributed by atoms with E-state index in [1.165, 1.54) is 0 Å². The van der Waals surface area contributed by atoms with E-state index in [0.29, 0.717) is 13.2 Å². The van der Waals surface area contributed by atoms with Crippen LogP contribution in [0, 0.1) is 5.41 Å². The predicted octanol–water partition coefficient (Wildman–Crippen LogP) is 4.58. The highest BCUT2D eigenvalue weighted by atomic mass is 31.2. The summed E-state index contributed by atoms with van der Waals surface area (Å²) in [5, 5.41) is -0.493. The van der Waals surface area contributed by atoms with Gasteiger partial charge in [-0.3, -0.25) is 4.57 Å². The van der Waals surface area contributed by atoms with Crippen LogP contribution < -0.4 is 0 Å². The first-order valence-corrected chi connectivity index (χ1v) is 8.42. The third kappa shape index (κ3) is 2.18. The highest BCUT2D eigenvalue weighted by molar-refractivity contribution is 7.55. The fourth-order valence-electron chi connectivity index (χ4n) is 3.03. The third-order valence-electron chi connectivity index (χ3n) is 4.01. The van der Waals surface area contributed by atoms with Crippen molar-refractivity contribution < 1.29 is 13.6 Å². The Morgan fingerprint density at radius 3 is 1.95 bits per heavy atom. The zero-order valence-electron chi connectivity index (χ0n) is 12.2. The second-order valence-electron chi connectivity index (χ2n) is 5.62. The second-order valence-corrected chi connectivity index (χ2v) is 7.89. The molecule has 1 aromatic carbocycles. The molecule has 0 radical (unpaired) electrons. The summed E-state index contributed by atoms with van der Waals surface area (Å²) in [6, 6.07) is 9.99. The number of hydrogen-bond acceptors (Lipinski definition) is 3. The molecule has 1 aliphatic carbocycles. The number of hydrogen-bond donors (Lipinski definition) is 0. The van der Waals surface area contributed by atoms with Crippen molar-refractivity contribution >= 4 is 7.60 Å². The van der Waals surface area contributed by atoms with Crippen LogP contribution in [0.4, 0.5) is 0 Å². The van der Waals surface area contributed by atoms with E-state index in [1.807, 2.05) is 44.2 Å². The summed E-state index contributed by atoms with van der Waals surface area (Å²) in [4.78, 5) is 0. The van der Waals surface area contributed by atoms with Gasteiger partial charge in [-0.1, -0.05) is 44.2 Å². The lowest BCUT2D eigenvalue weighted by molar-refractivity contribution is 0.204. The van der Waals surface area contributed by atoms with E-state index >= 15 is 0 Å². The van der Waals surface area contributed by atoms with Crippen LogP contribution in [-0.4, -0.2) is 13.2 Å². The average Bonchev–Trinajstić information content (AvgIpc) is 2.96. The topological polar surface area (TPSA) is 35.5 Å². The Hall–Kier alpha value is -0.630. The lowest BCUT2D eigenvalue weighted by atomic mass is 10.0. The molecule has 1 aliphatic rings. The molecule has 4 heteroatoms. The normalized spacial score (nSPS) is 25.3. The minimum Gasteiger partial charge on any atom is -0.308 e. The van der Waals surface area contributed by atoms with Crippen molar-refractivity contribution in [2.24, 2.45) is 5.41 Å². The second kappa shape index (κ2) is 5.05. The molecule has 19 heavy (non-hydrogen) atoms. The van der Waals surface area contributed by atoms with Gasteiger partial charge in [0.1, 0.15) is 5.16 Å². The lowest BCUT2D eigenvalue weighted by Gasteiger charge is -2.29. The molecule has 0 amide bonds. The standard InChI is InChI=1S/C15H23O3P/c1-5-17-19(16,18-6-2)15(12-14(15,3)4)13-10-8-7-9-11-13/h7-11H,5-6,12H2,1-4H3. The highest BCUT2D eigenvalue weighted by Crippen LogP contribution is 2.84. The Bertz CT molecular complexity index is 473. The van der Waals surface area contributed by atoms with Crippen molar-refractivity contribution in [2.45, 2.75) is 39.3 Å². The first kappa shape index (κ1) is 14.8. The van der Waals surface area contributed by atoms with E-state index in [-0.39, 0.29) is 5.41 Å². The molecule has 1 fully saturated rings. The minimum atomic E-state index is -3.15. The molecule has 1 atom stereocenters. The summed E-state index contributed by atoms with van der Waals surface area (Å²) in [7, 11) is -3.15. The Morgan fingerprint density at radius 1 is 1.11 bits per heavy atom. The molecule has 0 aromatic heterocycles. The lowest BCUT2D eigenvalue weighted by Crippen LogP contribution is -2.18. The first-order valence-electron chi connectivity index (χ1n) is 6.88. The molecule has 2 rings (SSSR count). The van der Waals surface area contributed by atoms with Crippen molar-refractivity contribution in [3.8, 4) is 0 Å². The van der Waals surface area contributed by atoms with Gasteiger partial charge in [0, 0.05) is 0 Å². The maximum absolute atomic E-state index is 13.3. The largest absolute Gasteiger partial charge is 0.341 e. The van der Waals surface area contributed by atoms with Crippen molar-refractivity contribution in [1.82, 2.24) is 0 Å². The quantitative estimate of drug-likeness (QED) is 0.716. The Morgan fingerprint density at radius 2 is 1.58 bits per heavy atom.